The molecule has 1 aromatic carbocycles. The van der Waals surface area contributed by atoms with Gasteiger partial charge in [-0.3, -0.25) is 0 Å². The molecule has 5 heteroatoms. The lowest BCUT2D eigenvalue weighted by Gasteiger charge is -1.99. The summed E-state index contributed by atoms with van der Waals surface area (Å²) >= 11 is 1.65. The van der Waals surface area contributed by atoms with Gasteiger partial charge in [-0.15, -0.1) is 11.8 Å². The summed E-state index contributed by atoms with van der Waals surface area (Å²) in [5.74, 6) is 2.38. The Morgan fingerprint density at radius 3 is 2.88 bits per heavy atom. The highest BCUT2D eigenvalue weighted by molar-refractivity contribution is 7.98. The fraction of sp³-hybridized carbons (Fsp3) is 0.333. The van der Waals surface area contributed by atoms with Crippen molar-refractivity contribution in [3.05, 3.63) is 36.0 Å². The van der Waals surface area contributed by atoms with Crippen molar-refractivity contribution >= 4 is 17.4 Å². The summed E-state index contributed by atoms with van der Waals surface area (Å²) in [7, 11) is 0. The standard InChI is InChI=1S/C12H15N3OS/c1-8(2)12-14-11(15-16-12)7-17-10-5-3-4-9(13)6-10/h3-6,8H,7,13H2,1-2H3. The number of benzene rings is 1. The van der Waals surface area contributed by atoms with E-state index in [1.807, 2.05) is 38.1 Å². The zero-order valence-corrected chi connectivity index (χ0v) is 10.7. The van der Waals surface area contributed by atoms with Gasteiger partial charge in [0.05, 0.1) is 5.75 Å². The Kier molecular flexibility index (Phi) is 3.68. The van der Waals surface area contributed by atoms with Gasteiger partial charge in [-0.1, -0.05) is 25.1 Å². The van der Waals surface area contributed by atoms with Crippen LogP contribution in [0, 0.1) is 0 Å². The normalized spacial score (nSPS) is 11.0. The van der Waals surface area contributed by atoms with Gasteiger partial charge in [-0.2, -0.15) is 4.98 Å². The van der Waals surface area contributed by atoms with Crippen molar-refractivity contribution in [2.24, 2.45) is 0 Å². The number of nitrogens with zero attached hydrogens (tertiary/aromatic N) is 2. The average molecular weight is 249 g/mol. The maximum Gasteiger partial charge on any atom is 0.229 e. The molecule has 0 atom stereocenters. The molecule has 0 unspecified atom stereocenters. The highest BCUT2D eigenvalue weighted by Gasteiger charge is 2.09. The summed E-state index contributed by atoms with van der Waals surface area (Å²) < 4.78 is 5.14. The smallest absolute Gasteiger partial charge is 0.229 e. The fourth-order valence-electron chi connectivity index (χ4n) is 1.31. The highest BCUT2D eigenvalue weighted by atomic mass is 32.2. The van der Waals surface area contributed by atoms with E-state index in [4.69, 9.17) is 10.3 Å². The molecule has 0 aliphatic carbocycles. The molecule has 2 rings (SSSR count). The van der Waals surface area contributed by atoms with Gasteiger partial charge in [0.2, 0.25) is 5.89 Å². The predicted molar refractivity (Wildman–Crippen MR) is 68.8 cm³/mol. The van der Waals surface area contributed by atoms with Crippen LogP contribution < -0.4 is 5.73 Å². The first-order valence-electron chi connectivity index (χ1n) is 5.46. The van der Waals surface area contributed by atoms with E-state index in [2.05, 4.69) is 10.1 Å². The number of thioether (sulfide) groups is 1. The summed E-state index contributed by atoms with van der Waals surface area (Å²) in [6.45, 7) is 4.06. The molecular formula is C12H15N3OS. The first kappa shape index (κ1) is 12.0. The number of aromatic nitrogens is 2. The van der Waals surface area contributed by atoms with Crippen LogP contribution in [-0.2, 0) is 5.75 Å². The molecule has 0 saturated carbocycles. The summed E-state index contributed by atoms with van der Waals surface area (Å²) in [6.07, 6.45) is 0. The van der Waals surface area contributed by atoms with Gasteiger partial charge in [-0.05, 0) is 18.2 Å². The summed E-state index contributed by atoms with van der Waals surface area (Å²) in [4.78, 5) is 5.43. The van der Waals surface area contributed by atoms with Crippen LogP contribution in [0.3, 0.4) is 0 Å². The number of rotatable bonds is 4. The molecule has 2 aromatic rings. The van der Waals surface area contributed by atoms with E-state index in [0.717, 1.165) is 16.4 Å². The van der Waals surface area contributed by atoms with Crippen LogP contribution in [-0.4, -0.2) is 10.1 Å². The fourth-order valence-corrected chi connectivity index (χ4v) is 2.12. The van der Waals surface area contributed by atoms with Crippen molar-refractivity contribution in [1.29, 1.82) is 0 Å². The van der Waals surface area contributed by atoms with E-state index in [-0.39, 0.29) is 5.92 Å². The molecule has 0 saturated heterocycles. The minimum absolute atomic E-state index is 0.272. The van der Waals surface area contributed by atoms with Crippen molar-refractivity contribution < 1.29 is 4.52 Å². The second-order valence-corrected chi connectivity index (χ2v) is 5.11. The van der Waals surface area contributed by atoms with Gasteiger partial charge >= 0.3 is 0 Å². The first-order chi connectivity index (χ1) is 8.15. The van der Waals surface area contributed by atoms with Crippen LogP contribution in [0.1, 0.15) is 31.5 Å². The van der Waals surface area contributed by atoms with Crippen LogP contribution in [0.5, 0.6) is 0 Å². The second kappa shape index (κ2) is 5.23. The minimum atomic E-state index is 0.272. The van der Waals surface area contributed by atoms with Gasteiger partial charge in [0, 0.05) is 16.5 Å². The Hall–Kier alpha value is -1.49. The molecule has 0 fully saturated rings. The van der Waals surface area contributed by atoms with Crippen LogP contribution >= 0.6 is 11.8 Å². The minimum Gasteiger partial charge on any atom is -0.399 e. The van der Waals surface area contributed by atoms with E-state index in [9.17, 15) is 0 Å². The highest BCUT2D eigenvalue weighted by Crippen LogP contribution is 2.23. The molecular weight excluding hydrogens is 234 g/mol. The Bertz CT molecular complexity index is 496. The topological polar surface area (TPSA) is 64.9 Å². The molecule has 1 heterocycles. The molecule has 4 nitrogen and oxygen atoms in total. The lowest BCUT2D eigenvalue weighted by atomic mass is 10.2. The van der Waals surface area contributed by atoms with E-state index in [1.165, 1.54) is 0 Å². The Morgan fingerprint density at radius 2 is 2.24 bits per heavy atom. The molecule has 0 aliphatic rings. The van der Waals surface area contributed by atoms with Crippen molar-refractivity contribution in [3.8, 4) is 0 Å². The molecule has 1 aromatic heterocycles. The SMILES string of the molecule is CC(C)c1nc(CSc2cccc(N)c2)no1. The number of anilines is 1. The molecule has 17 heavy (non-hydrogen) atoms. The molecule has 0 spiro atoms. The maximum absolute atomic E-state index is 5.71. The third-order valence-corrected chi connectivity index (χ3v) is 3.19. The van der Waals surface area contributed by atoms with Crippen LogP contribution in [0.25, 0.3) is 0 Å². The van der Waals surface area contributed by atoms with Crippen LogP contribution in [0.4, 0.5) is 5.69 Å². The zero-order valence-electron chi connectivity index (χ0n) is 9.88. The maximum atomic E-state index is 5.71. The average Bonchev–Trinajstić information content (AvgIpc) is 2.75. The lowest BCUT2D eigenvalue weighted by Crippen LogP contribution is -1.89. The number of hydrogen-bond acceptors (Lipinski definition) is 5. The van der Waals surface area contributed by atoms with E-state index in [0.29, 0.717) is 11.6 Å². The van der Waals surface area contributed by atoms with Crippen molar-refractivity contribution in [3.63, 3.8) is 0 Å². The monoisotopic (exact) mass is 249 g/mol. The quantitative estimate of drug-likeness (QED) is 0.666. The molecule has 2 N–H and O–H groups in total. The number of nitrogens with two attached hydrogens (primary N) is 1. The third kappa shape index (κ3) is 3.23. The van der Waals surface area contributed by atoms with Gasteiger partial charge in [0.1, 0.15) is 0 Å². The molecule has 0 amide bonds. The summed E-state index contributed by atoms with van der Waals surface area (Å²) in [5.41, 5.74) is 6.48. The Labute approximate surface area is 105 Å². The van der Waals surface area contributed by atoms with Gasteiger partial charge in [0.15, 0.2) is 5.82 Å². The Morgan fingerprint density at radius 1 is 1.41 bits per heavy atom. The summed E-state index contributed by atoms with van der Waals surface area (Å²) in [5, 5.41) is 3.94. The largest absolute Gasteiger partial charge is 0.399 e. The molecule has 90 valence electrons. The molecule has 0 radical (unpaired) electrons. The van der Waals surface area contributed by atoms with E-state index < -0.39 is 0 Å². The van der Waals surface area contributed by atoms with E-state index in [1.54, 1.807) is 11.8 Å². The van der Waals surface area contributed by atoms with Crippen LogP contribution in [0.2, 0.25) is 0 Å². The predicted octanol–water partition coefficient (Wildman–Crippen LogP) is 3.07. The molecule has 0 bridgehead atoms. The van der Waals surface area contributed by atoms with Crippen molar-refractivity contribution in [1.82, 2.24) is 10.1 Å². The second-order valence-electron chi connectivity index (χ2n) is 4.06. The lowest BCUT2D eigenvalue weighted by molar-refractivity contribution is 0.362. The van der Waals surface area contributed by atoms with E-state index >= 15 is 0 Å². The van der Waals surface area contributed by atoms with Gasteiger partial charge < -0.3 is 10.3 Å². The number of hydrogen-bond donors (Lipinski definition) is 1. The van der Waals surface area contributed by atoms with Gasteiger partial charge in [0.25, 0.3) is 0 Å². The van der Waals surface area contributed by atoms with Crippen molar-refractivity contribution in [2.75, 3.05) is 5.73 Å². The number of nitrogen functional groups attached to an aromatic ring is 1. The van der Waals surface area contributed by atoms with Gasteiger partial charge in [-0.25, -0.2) is 0 Å². The zero-order chi connectivity index (χ0) is 12.3. The summed E-state index contributed by atoms with van der Waals surface area (Å²) in [6, 6.07) is 7.77. The Balaban J connectivity index is 1.97. The third-order valence-electron chi connectivity index (χ3n) is 2.20. The molecule has 0 aliphatic heterocycles. The first-order valence-corrected chi connectivity index (χ1v) is 6.44. The van der Waals surface area contributed by atoms with Crippen molar-refractivity contribution in [2.45, 2.75) is 30.4 Å². The van der Waals surface area contributed by atoms with Crippen LogP contribution in [0.15, 0.2) is 33.7 Å².